The molecule has 2 aromatic carbocycles. The lowest BCUT2D eigenvalue weighted by atomic mass is 9.70. The molecular formula is C16H15F. The van der Waals surface area contributed by atoms with Crippen LogP contribution in [0.5, 0.6) is 0 Å². The third-order valence-corrected chi connectivity index (χ3v) is 3.65. The fraction of sp³-hybridized carbons (Fsp3) is 0.250. The summed E-state index contributed by atoms with van der Waals surface area (Å²) >= 11 is 0. The molecule has 0 heterocycles. The molecule has 0 nitrogen and oxygen atoms in total. The molecule has 0 fully saturated rings. The Bertz CT molecular complexity index is 582. The van der Waals surface area contributed by atoms with E-state index in [2.05, 4.69) is 32.0 Å². The van der Waals surface area contributed by atoms with Gasteiger partial charge in [-0.05, 0) is 46.2 Å². The van der Waals surface area contributed by atoms with Gasteiger partial charge in [0.05, 0.1) is 0 Å². The van der Waals surface area contributed by atoms with Gasteiger partial charge in [-0.2, -0.15) is 0 Å². The molecule has 0 saturated carbocycles. The maximum Gasteiger partial charge on any atom is 0.123 e. The fourth-order valence-corrected chi connectivity index (χ4v) is 2.82. The van der Waals surface area contributed by atoms with Crippen molar-refractivity contribution in [1.29, 1.82) is 0 Å². The van der Waals surface area contributed by atoms with E-state index in [-0.39, 0.29) is 11.2 Å². The van der Waals surface area contributed by atoms with Crippen molar-refractivity contribution in [2.24, 2.45) is 0 Å². The summed E-state index contributed by atoms with van der Waals surface area (Å²) in [4.78, 5) is 0. The van der Waals surface area contributed by atoms with Crippen molar-refractivity contribution in [3.05, 3.63) is 59.4 Å². The Hall–Kier alpha value is -1.63. The maximum atomic E-state index is 13.4. The molecule has 0 amide bonds. The zero-order valence-corrected chi connectivity index (χ0v) is 10.1. The topological polar surface area (TPSA) is 0 Å². The molecule has 0 spiro atoms. The van der Waals surface area contributed by atoms with Gasteiger partial charge in [0, 0.05) is 0 Å². The Morgan fingerprint density at radius 2 is 1.76 bits per heavy atom. The third kappa shape index (κ3) is 1.57. The monoisotopic (exact) mass is 226 g/mol. The number of hydrogen-bond donors (Lipinski definition) is 0. The summed E-state index contributed by atoms with van der Waals surface area (Å²) in [6, 6.07) is 13.6. The van der Waals surface area contributed by atoms with Crippen LogP contribution in [0.15, 0.2) is 42.5 Å². The third-order valence-electron chi connectivity index (χ3n) is 3.65. The minimum atomic E-state index is -0.142. The SMILES string of the molecule is CC1(C)Cc2ccccc2-c2ccc(F)cc21. The lowest BCUT2D eigenvalue weighted by molar-refractivity contribution is 0.510. The second-order valence-corrected chi connectivity index (χ2v) is 5.41. The molecule has 17 heavy (non-hydrogen) atoms. The van der Waals surface area contributed by atoms with Crippen molar-refractivity contribution in [2.45, 2.75) is 25.7 Å². The number of benzene rings is 2. The van der Waals surface area contributed by atoms with Crippen LogP contribution in [0, 0.1) is 5.82 Å². The van der Waals surface area contributed by atoms with Crippen molar-refractivity contribution in [3.63, 3.8) is 0 Å². The predicted molar refractivity (Wildman–Crippen MR) is 68.6 cm³/mol. The highest BCUT2D eigenvalue weighted by Gasteiger charge is 2.30. The largest absolute Gasteiger partial charge is 0.207 e. The Balaban J connectivity index is 2.33. The summed E-state index contributed by atoms with van der Waals surface area (Å²) in [7, 11) is 0. The van der Waals surface area contributed by atoms with Crippen LogP contribution in [0.4, 0.5) is 4.39 Å². The van der Waals surface area contributed by atoms with Gasteiger partial charge in [0.2, 0.25) is 0 Å². The molecule has 0 unspecified atom stereocenters. The molecule has 0 aliphatic heterocycles. The van der Waals surface area contributed by atoms with Gasteiger partial charge in [0.15, 0.2) is 0 Å². The first-order chi connectivity index (χ1) is 8.08. The number of halogens is 1. The van der Waals surface area contributed by atoms with Crippen LogP contribution in [0.2, 0.25) is 0 Å². The molecule has 3 rings (SSSR count). The van der Waals surface area contributed by atoms with Crippen LogP contribution < -0.4 is 0 Å². The summed E-state index contributed by atoms with van der Waals surface area (Å²) in [5.41, 5.74) is 4.92. The summed E-state index contributed by atoms with van der Waals surface area (Å²) in [5, 5.41) is 0. The van der Waals surface area contributed by atoms with E-state index in [0.717, 1.165) is 12.0 Å². The van der Waals surface area contributed by atoms with Crippen molar-refractivity contribution < 1.29 is 4.39 Å². The standard InChI is InChI=1S/C16H15F/c1-16(2)10-11-5-3-4-6-13(11)14-8-7-12(17)9-15(14)16/h3-9H,10H2,1-2H3. The highest BCUT2D eigenvalue weighted by atomic mass is 19.1. The lowest BCUT2D eigenvalue weighted by Crippen LogP contribution is -2.25. The van der Waals surface area contributed by atoms with Crippen molar-refractivity contribution in [1.82, 2.24) is 0 Å². The van der Waals surface area contributed by atoms with E-state index >= 15 is 0 Å². The van der Waals surface area contributed by atoms with Gasteiger partial charge < -0.3 is 0 Å². The van der Waals surface area contributed by atoms with Crippen molar-refractivity contribution in [3.8, 4) is 11.1 Å². The lowest BCUT2D eigenvalue weighted by Gasteiger charge is -2.34. The van der Waals surface area contributed by atoms with Crippen LogP contribution in [-0.4, -0.2) is 0 Å². The first-order valence-corrected chi connectivity index (χ1v) is 5.96. The summed E-state index contributed by atoms with van der Waals surface area (Å²) in [6.45, 7) is 4.36. The van der Waals surface area contributed by atoms with Crippen LogP contribution >= 0.6 is 0 Å². The Labute approximate surface area is 101 Å². The van der Waals surface area contributed by atoms with Gasteiger partial charge in [-0.25, -0.2) is 4.39 Å². The van der Waals surface area contributed by atoms with E-state index in [0.29, 0.717) is 0 Å². The quantitative estimate of drug-likeness (QED) is 0.627. The molecule has 0 N–H and O–H groups in total. The average molecular weight is 226 g/mol. The normalized spacial score (nSPS) is 16.2. The second kappa shape index (κ2) is 3.43. The highest BCUT2D eigenvalue weighted by molar-refractivity contribution is 5.74. The molecule has 2 aromatic rings. The van der Waals surface area contributed by atoms with E-state index in [9.17, 15) is 4.39 Å². The van der Waals surface area contributed by atoms with Crippen LogP contribution in [-0.2, 0) is 11.8 Å². The average Bonchev–Trinajstić information content (AvgIpc) is 2.29. The fourth-order valence-electron chi connectivity index (χ4n) is 2.82. The molecule has 86 valence electrons. The van der Waals surface area contributed by atoms with Crippen molar-refractivity contribution in [2.75, 3.05) is 0 Å². The Morgan fingerprint density at radius 3 is 2.59 bits per heavy atom. The molecule has 0 atom stereocenters. The van der Waals surface area contributed by atoms with Gasteiger partial charge in [-0.15, -0.1) is 0 Å². The number of rotatable bonds is 0. The zero-order valence-electron chi connectivity index (χ0n) is 10.1. The maximum absolute atomic E-state index is 13.4. The molecule has 0 bridgehead atoms. The first kappa shape index (κ1) is 10.5. The van der Waals surface area contributed by atoms with Gasteiger partial charge in [0.25, 0.3) is 0 Å². The number of hydrogen-bond acceptors (Lipinski definition) is 0. The molecule has 1 heteroatoms. The highest BCUT2D eigenvalue weighted by Crippen LogP contribution is 2.42. The van der Waals surface area contributed by atoms with E-state index in [1.165, 1.54) is 16.7 Å². The predicted octanol–water partition coefficient (Wildman–Crippen LogP) is 4.33. The minimum Gasteiger partial charge on any atom is -0.207 e. The summed E-state index contributed by atoms with van der Waals surface area (Å²) < 4.78 is 13.4. The van der Waals surface area contributed by atoms with Gasteiger partial charge in [-0.1, -0.05) is 44.2 Å². The molecule has 0 radical (unpaired) electrons. The van der Waals surface area contributed by atoms with Crippen LogP contribution in [0.1, 0.15) is 25.0 Å². The van der Waals surface area contributed by atoms with Gasteiger partial charge in [-0.3, -0.25) is 0 Å². The smallest absolute Gasteiger partial charge is 0.123 e. The Morgan fingerprint density at radius 1 is 1.00 bits per heavy atom. The Kier molecular flexibility index (Phi) is 2.12. The summed E-state index contributed by atoms with van der Waals surface area (Å²) in [5.74, 6) is -0.142. The van der Waals surface area contributed by atoms with Crippen LogP contribution in [0.3, 0.4) is 0 Å². The molecule has 0 saturated heterocycles. The molecule has 1 aliphatic rings. The van der Waals surface area contributed by atoms with E-state index in [4.69, 9.17) is 0 Å². The molecule has 0 aromatic heterocycles. The van der Waals surface area contributed by atoms with E-state index in [1.54, 1.807) is 12.1 Å². The number of fused-ring (bicyclic) bond motifs is 3. The zero-order chi connectivity index (χ0) is 12.0. The minimum absolute atomic E-state index is 0.00574. The second-order valence-electron chi connectivity index (χ2n) is 5.41. The molecular weight excluding hydrogens is 211 g/mol. The molecule has 1 aliphatic carbocycles. The summed E-state index contributed by atoms with van der Waals surface area (Å²) in [6.07, 6.45) is 0.972. The van der Waals surface area contributed by atoms with E-state index in [1.807, 2.05) is 12.1 Å². The van der Waals surface area contributed by atoms with E-state index < -0.39 is 0 Å². The first-order valence-electron chi connectivity index (χ1n) is 5.96. The van der Waals surface area contributed by atoms with Crippen molar-refractivity contribution >= 4 is 0 Å². The van der Waals surface area contributed by atoms with Gasteiger partial charge in [0.1, 0.15) is 5.82 Å². The van der Waals surface area contributed by atoms with Gasteiger partial charge >= 0.3 is 0 Å². The van der Waals surface area contributed by atoms with Crippen LogP contribution in [0.25, 0.3) is 11.1 Å².